The number of hydrogen-bond acceptors (Lipinski definition) is 2. The van der Waals surface area contributed by atoms with E-state index in [1.165, 1.54) is 0 Å². The Kier molecular flexibility index (Phi) is 3.60. The Balaban J connectivity index is 2.63. The van der Waals surface area contributed by atoms with Crippen molar-refractivity contribution in [2.75, 3.05) is 13.1 Å². The van der Waals surface area contributed by atoms with E-state index in [1.807, 2.05) is 0 Å². The maximum absolute atomic E-state index is 12.1. The summed E-state index contributed by atoms with van der Waals surface area (Å²) < 4.78 is 72.2. The molecule has 3 nitrogen and oxygen atoms in total. The Hall–Kier alpha value is -0.990. The van der Waals surface area contributed by atoms with Crippen LogP contribution in [-0.4, -0.2) is 47.5 Å². The van der Waals surface area contributed by atoms with Crippen LogP contribution in [0.3, 0.4) is 0 Å². The van der Waals surface area contributed by atoms with Crippen molar-refractivity contribution in [3.05, 3.63) is 0 Å². The van der Waals surface area contributed by atoms with E-state index in [0.29, 0.717) is 0 Å². The fourth-order valence-corrected chi connectivity index (χ4v) is 1.68. The second-order valence-electron chi connectivity index (χ2n) is 3.78. The summed E-state index contributed by atoms with van der Waals surface area (Å²) in [5.41, 5.74) is 0. The van der Waals surface area contributed by atoms with Gasteiger partial charge in [0.05, 0.1) is 0 Å². The molecule has 1 amide bonds. The minimum atomic E-state index is -5.10. The van der Waals surface area contributed by atoms with E-state index in [4.69, 9.17) is 5.11 Å². The standard InChI is InChI=1S/C8H9F6NO2/c9-7(10,11)5(16)4-1-2-15(3-4)6(17)8(12,13)14/h4-5,16H,1-3H2/t4-,5-/m1/s1. The van der Waals surface area contributed by atoms with Gasteiger partial charge < -0.3 is 10.0 Å². The average molecular weight is 265 g/mol. The highest BCUT2D eigenvalue weighted by molar-refractivity contribution is 5.82. The third-order valence-electron chi connectivity index (χ3n) is 2.54. The van der Waals surface area contributed by atoms with Crippen LogP contribution in [0.1, 0.15) is 6.42 Å². The van der Waals surface area contributed by atoms with Crippen LogP contribution in [0.4, 0.5) is 26.3 Å². The van der Waals surface area contributed by atoms with Crippen molar-refractivity contribution < 1.29 is 36.2 Å². The molecular formula is C8H9F6NO2. The summed E-state index contributed by atoms with van der Waals surface area (Å²) >= 11 is 0. The van der Waals surface area contributed by atoms with Crippen LogP contribution in [0.2, 0.25) is 0 Å². The van der Waals surface area contributed by atoms with Gasteiger partial charge in [0.15, 0.2) is 6.10 Å². The monoisotopic (exact) mass is 265 g/mol. The molecule has 1 saturated heterocycles. The Labute approximate surface area is 92.0 Å². The molecule has 2 atom stereocenters. The van der Waals surface area contributed by atoms with Crippen LogP contribution >= 0.6 is 0 Å². The lowest BCUT2D eigenvalue weighted by molar-refractivity contribution is -0.218. The third-order valence-corrected chi connectivity index (χ3v) is 2.54. The highest BCUT2D eigenvalue weighted by Gasteiger charge is 2.49. The number of likely N-dealkylation sites (tertiary alicyclic amines) is 1. The van der Waals surface area contributed by atoms with Gasteiger partial charge in [0.2, 0.25) is 0 Å². The smallest absolute Gasteiger partial charge is 0.383 e. The third kappa shape index (κ3) is 3.24. The van der Waals surface area contributed by atoms with Crippen LogP contribution in [0, 0.1) is 5.92 Å². The predicted octanol–water partition coefficient (Wildman–Crippen LogP) is 1.32. The van der Waals surface area contributed by atoms with Crippen molar-refractivity contribution in [3.8, 4) is 0 Å². The van der Waals surface area contributed by atoms with Gasteiger partial charge in [0, 0.05) is 19.0 Å². The van der Waals surface area contributed by atoms with Gasteiger partial charge in [-0.2, -0.15) is 26.3 Å². The quantitative estimate of drug-likeness (QED) is 0.726. The summed E-state index contributed by atoms with van der Waals surface area (Å²) in [6.07, 6.45) is -13.0. The van der Waals surface area contributed by atoms with Crippen molar-refractivity contribution in [1.82, 2.24) is 4.90 Å². The molecule has 0 aromatic heterocycles. The molecule has 0 unspecified atom stereocenters. The number of rotatable bonds is 1. The molecule has 17 heavy (non-hydrogen) atoms. The first-order valence-corrected chi connectivity index (χ1v) is 4.64. The highest BCUT2D eigenvalue weighted by Crippen LogP contribution is 2.32. The van der Waals surface area contributed by atoms with Crippen LogP contribution in [0.15, 0.2) is 0 Å². The lowest BCUT2D eigenvalue weighted by Crippen LogP contribution is -2.42. The number of aliphatic hydroxyl groups is 1. The molecule has 0 aliphatic carbocycles. The fraction of sp³-hybridized carbons (Fsp3) is 0.875. The van der Waals surface area contributed by atoms with Crippen LogP contribution in [-0.2, 0) is 4.79 Å². The zero-order valence-corrected chi connectivity index (χ0v) is 8.35. The van der Waals surface area contributed by atoms with E-state index in [0.717, 1.165) is 0 Å². The average Bonchev–Trinajstić information content (AvgIpc) is 2.60. The summed E-state index contributed by atoms with van der Waals surface area (Å²) in [5.74, 6) is -3.57. The summed E-state index contributed by atoms with van der Waals surface area (Å²) in [7, 11) is 0. The second kappa shape index (κ2) is 4.35. The first-order valence-electron chi connectivity index (χ1n) is 4.64. The molecule has 0 spiro atoms. The van der Waals surface area contributed by atoms with Crippen LogP contribution in [0.5, 0.6) is 0 Å². The molecule has 0 bridgehead atoms. The van der Waals surface area contributed by atoms with E-state index < -0.39 is 43.4 Å². The first kappa shape index (κ1) is 14.1. The van der Waals surface area contributed by atoms with Crippen molar-refractivity contribution in [2.24, 2.45) is 5.92 Å². The molecule has 1 N–H and O–H groups in total. The van der Waals surface area contributed by atoms with Crippen LogP contribution in [0.25, 0.3) is 0 Å². The van der Waals surface area contributed by atoms with Crippen molar-refractivity contribution in [3.63, 3.8) is 0 Å². The molecule has 0 radical (unpaired) electrons. The summed E-state index contributed by atoms with van der Waals surface area (Å²) in [4.78, 5) is 11.0. The summed E-state index contributed by atoms with van der Waals surface area (Å²) in [6, 6.07) is 0. The summed E-state index contributed by atoms with van der Waals surface area (Å²) in [6.45, 7) is -1.17. The van der Waals surface area contributed by atoms with Gasteiger partial charge in [-0.3, -0.25) is 4.79 Å². The number of amides is 1. The number of alkyl halides is 6. The molecule has 100 valence electrons. The number of nitrogens with zero attached hydrogens (tertiary/aromatic N) is 1. The number of carbonyl (C=O) groups excluding carboxylic acids is 1. The Morgan fingerprint density at radius 1 is 1.24 bits per heavy atom. The zero-order chi connectivity index (χ0) is 13.4. The SMILES string of the molecule is O=C(N1CC[C@@H]([C@@H](O)C(F)(F)F)C1)C(F)(F)F. The second-order valence-corrected chi connectivity index (χ2v) is 3.78. The van der Waals surface area contributed by atoms with E-state index >= 15 is 0 Å². The van der Waals surface area contributed by atoms with E-state index in [1.54, 1.807) is 0 Å². The maximum atomic E-state index is 12.1. The number of aliphatic hydroxyl groups excluding tert-OH is 1. The van der Waals surface area contributed by atoms with Crippen molar-refractivity contribution in [1.29, 1.82) is 0 Å². The van der Waals surface area contributed by atoms with Gasteiger partial charge in [-0.1, -0.05) is 0 Å². The fourth-order valence-electron chi connectivity index (χ4n) is 1.68. The van der Waals surface area contributed by atoms with Crippen molar-refractivity contribution in [2.45, 2.75) is 24.9 Å². The number of hydrogen-bond donors (Lipinski definition) is 1. The largest absolute Gasteiger partial charge is 0.471 e. The predicted molar refractivity (Wildman–Crippen MR) is 42.8 cm³/mol. The zero-order valence-electron chi connectivity index (χ0n) is 8.35. The molecule has 9 heteroatoms. The Bertz CT molecular complexity index is 299. The Morgan fingerprint density at radius 3 is 2.18 bits per heavy atom. The molecule has 1 aliphatic heterocycles. The van der Waals surface area contributed by atoms with Gasteiger partial charge in [-0.05, 0) is 6.42 Å². The summed E-state index contributed by atoms with van der Waals surface area (Å²) in [5, 5.41) is 8.84. The molecule has 1 heterocycles. The lowest BCUT2D eigenvalue weighted by Gasteiger charge is -2.22. The molecular weight excluding hydrogens is 256 g/mol. The first-order chi connectivity index (χ1) is 7.53. The Morgan fingerprint density at radius 2 is 1.76 bits per heavy atom. The highest BCUT2D eigenvalue weighted by atomic mass is 19.4. The number of halogens is 6. The molecule has 1 rings (SSSR count). The van der Waals surface area contributed by atoms with E-state index in [9.17, 15) is 31.1 Å². The lowest BCUT2D eigenvalue weighted by atomic mass is 10.0. The molecule has 0 aromatic rings. The van der Waals surface area contributed by atoms with E-state index in [-0.39, 0.29) is 11.3 Å². The van der Waals surface area contributed by atoms with Gasteiger partial charge in [0.1, 0.15) is 0 Å². The van der Waals surface area contributed by atoms with Gasteiger partial charge >= 0.3 is 18.3 Å². The minimum absolute atomic E-state index is 0.277. The molecule has 0 aromatic carbocycles. The number of carbonyl (C=O) groups is 1. The van der Waals surface area contributed by atoms with Gasteiger partial charge in [0.25, 0.3) is 0 Å². The molecule has 0 saturated carbocycles. The topological polar surface area (TPSA) is 40.5 Å². The molecule has 1 aliphatic rings. The van der Waals surface area contributed by atoms with E-state index in [2.05, 4.69) is 0 Å². The normalized spacial score (nSPS) is 23.9. The van der Waals surface area contributed by atoms with Gasteiger partial charge in [-0.25, -0.2) is 0 Å². The van der Waals surface area contributed by atoms with Gasteiger partial charge in [-0.15, -0.1) is 0 Å². The van der Waals surface area contributed by atoms with Crippen molar-refractivity contribution >= 4 is 5.91 Å². The van der Waals surface area contributed by atoms with Crippen LogP contribution < -0.4 is 0 Å². The molecule has 1 fully saturated rings. The maximum Gasteiger partial charge on any atom is 0.471 e. The minimum Gasteiger partial charge on any atom is -0.383 e.